The average molecular weight is 333 g/mol. The Morgan fingerprint density at radius 1 is 1.38 bits per heavy atom. The molecule has 24 heavy (non-hydrogen) atoms. The van der Waals surface area contributed by atoms with Crippen LogP contribution in [0.4, 0.5) is 5.69 Å². The van der Waals surface area contributed by atoms with Gasteiger partial charge in [-0.3, -0.25) is 4.79 Å². The summed E-state index contributed by atoms with van der Waals surface area (Å²) in [6.45, 7) is 10.1. The van der Waals surface area contributed by atoms with E-state index in [1.165, 1.54) is 0 Å². The monoisotopic (exact) mass is 333 g/mol. The lowest BCUT2D eigenvalue weighted by molar-refractivity contribution is -0.118. The molecule has 0 heterocycles. The number of nitriles is 1. The van der Waals surface area contributed by atoms with Gasteiger partial charge in [0.05, 0.1) is 5.56 Å². The maximum absolute atomic E-state index is 11.7. The van der Waals surface area contributed by atoms with Crippen LogP contribution in [0, 0.1) is 17.2 Å². The molecule has 6 nitrogen and oxygen atoms in total. The summed E-state index contributed by atoms with van der Waals surface area (Å²) in [5.41, 5.74) is 0.773. The highest BCUT2D eigenvalue weighted by atomic mass is 16.5. The van der Waals surface area contributed by atoms with E-state index >= 15 is 0 Å². The number of ether oxygens (including phenoxy) is 1. The van der Waals surface area contributed by atoms with E-state index < -0.39 is 6.10 Å². The van der Waals surface area contributed by atoms with Gasteiger partial charge in [-0.05, 0) is 39.0 Å². The second-order valence-electron chi connectivity index (χ2n) is 7.06. The van der Waals surface area contributed by atoms with E-state index in [1.54, 1.807) is 32.0 Å². The zero-order valence-corrected chi connectivity index (χ0v) is 15.0. The van der Waals surface area contributed by atoms with Crippen LogP contribution in [0.2, 0.25) is 0 Å². The minimum absolute atomic E-state index is 0.0788. The molecule has 1 aromatic carbocycles. The smallest absolute Gasteiger partial charge is 0.226 e. The Kier molecular flexibility index (Phi) is 7.20. The second-order valence-corrected chi connectivity index (χ2v) is 7.06. The zero-order valence-electron chi connectivity index (χ0n) is 15.0. The third-order valence-electron chi connectivity index (χ3n) is 3.19. The molecule has 132 valence electrons. The van der Waals surface area contributed by atoms with Crippen molar-refractivity contribution in [2.75, 3.05) is 18.5 Å². The summed E-state index contributed by atoms with van der Waals surface area (Å²) in [7, 11) is 0. The van der Waals surface area contributed by atoms with Crippen LogP contribution in [0.25, 0.3) is 0 Å². The number of hydrogen-bond donors (Lipinski definition) is 3. The Morgan fingerprint density at radius 3 is 2.58 bits per heavy atom. The van der Waals surface area contributed by atoms with Crippen LogP contribution in [0.1, 0.15) is 40.2 Å². The second kappa shape index (κ2) is 8.67. The minimum atomic E-state index is -0.684. The van der Waals surface area contributed by atoms with Crippen molar-refractivity contribution >= 4 is 11.6 Å². The molecular formula is C18H27N3O3. The van der Waals surface area contributed by atoms with Gasteiger partial charge >= 0.3 is 0 Å². The van der Waals surface area contributed by atoms with Crippen LogP contribution < -0.4 is 15.4 Å². The van der Waals surface area contributed by atoms with Gasteiger partial charge in [-0.15, -0.1) is 0 Å². The van der Waals surface area contributed by atoms with Gasteiger partial charge in [-0.1, -0.05) is 13.8 Å². The Hall–Kier alpha value is -2.10. The maximum atomic E-state index is 11.7. The molecule has 1 unspecified atom stereocenters. The fourth-order valence-electron chi connectivity index (χ4n) is 1.78. The van der Waals surface area contributed by atoms with Crippen molar-refractivity contribution < 1.29 is 14.6 Å². The Balaban J connectivity index is 2.66. The molecule has 1 atom stereocenters. The molecule has 0 saturated heterocycles. The molecule has 1 aromatic rings. The van der Waals surface area contributed by atoms with Gasteiger partial charge in [-0.25, -0.2) is 0 Å². The molecule has 0 saturated carbocycles. The van der Waals surface area contributed by atoms with E-state index in [2.05, 4.69) is 10.6 Å². The summed E-state index contributed by atoms with van der Waals surface area (Å²) < 4.78 is 5.54. The lowest BCUT2D eigenvalue weighted by atomic mass is 10.1. The predicted octanol–water partition coefficient (Wildman–Crippen LogP) is 2.28. The summed E-state index contributed by atoms with van der Waals surface area (Å²) in [5.74, 6) is 0.128. The largest absolute Gasteiger partial charge is 0.489 e. The number of rotatable bonds is 7. The molecule has 1 rings (SSSR count). The van der Waals surface area contributed by atoms with Crippen LogP contribution in [0.15, 0.2) is 18.2 Å². The van der Waals surface area contributed by atoms with E-state index in [4.69, 9.17) is 4.74 Å². The summed E-state index contributed by atoms with van der Waals surface area (Å²) in [5, 5.41) is 25.1. The molecule has 0 fully saturated rings. The summed E-state index contributed by atoms with van der Waals surface area (Å²) >= 11 is 0. The number of nitrogens with zero attached hydrogens (tertiary/aromatic N) is 1. The molecule has 0 spiro atoms. The number of anilines is 1. The highest BCUT2D eigenvalue weighted by molar-refractivity contribution is 5.92. The SMILES string of the molecule is CC(C)C(=O)Nc1ccc(OCC(O)CNC(C)(C)C)c(C#N)c1. The molecule has 0 aliphatic rings. The maximum Gasteiger partial charge on any atom is 0.226 e. The summed E-state index contributed by atoms with van der Waals surface area (Å²) in [6.07, 6.45) is -0.684. The van der Waals surface area contributed by atoms with Gasteiger partial charge in [-0.2, -0.15) is 5.26 Å². The van der Waals surface area contributed by atoms with Gasteiger partial charge in [0.1, 0.15) is 24.5 Å². The minimum Gasteiger partial charge on any atom is -0.489 e. The Labute approximate surface area is 143 Å². The van der Waals surface area contributed by atoms with Gasteiger partial charge in [0.2, 0.25) is 5.91 Å². The van der Waals surface area contributed by atoms with Crippen molar-refractivity contribution in [2.24, 2.45) is 5.92 Å². The van der Waals surface area contributed by atoms with Crippen LogP contribution in [-0.4, -0.2) is 35.8 Å². The van der Waals surface area contributed by atoms with Crippen molar-refractivity contribution in [3.63, 3.8) is 0 Å². The van der Waals surface area contributed by atoms with Crippen LogP contribution in [0.3, 0.4) is 0 Å². The highest BCUT2D eigenvalue weighted by Crippen LogP contribution is 2.22. The molecule has 0 aliphatic heterocycles. The van der Waals surface area contributed by atoms with Crippen molar-refractivity contribution in [3.8, 4) is 11.8 Å². The quantitative estimate of drug-likeness (QED) is 0.711. The fraction of sp³-hybridized carbons (Fsp3) is 0.556. The lowest BCUT2D eigenvalue weighted by Gasteiger charge is -2.23. The lowest BCUT2D eigenvalue weighted by Crippen LogP contribution is -2.42. The average Bonchev–Trinajstić information content (AvgIpc) is 2.50. The topological polar surface area (TPSA) is 94.4 Å². The molecule has 0 aliphatic carbocycles. The highest BCUT2D eigenvalue weighted by Gasteiger charge is 2.14. The first-order valence-electron chi connectivity index (χ1n) is 8.03. The predicted molar refractivity (Wildman–Crippen MR) is 93.9 cm³/mol. The number of amides is 1. The third-order valence-corrected chi connectivity index (χ3v) is 3.19. The normalized spacial score (nSPS) is 12.6. The van der Waals surface area contributed by atoms with Crippen LogP contribution in [0.5, 0.6) is 5.75 Å². The standard InChI is InChI=1S/C18H27N3O3/c1-12(2)17(23)21-14-6-7-16(13(8-14)9-19)24-11-15(22)10-20-18(3,4)5/h6-8,12,15,20,22H,10-11H2,1-5H3,(H,21,23). The van der Waals surface area contributed by atoms with Gasteiger partial charge in [0.15, 0.2) is 0 Å². The molecule has 1 amide bonds. The number of aliphatic hydroxyl groups is 1. The van der Waals surface area contributed by atoms with E-state index in [0.29, 0.717) is 23.5 Å². The number of benzene rings is 1. The Bertz CT molecular complexity index is 601. The molecule has 3 N–H and O–H groups in total. The van der Waals surface area contributed by atoms with E-state index in [1.807, 2.05) is 26.8 Å². The summed E-state index contributed by atoms with van der Waals surface area (Å²) in [6, 6.07) is 6.91. The van der Waals surface area contributed by atoms with Crippen molar-refractivity contribution in [2.45, 2.75) is 46.3 Å². The molecule has 0 radical (unpaired) electrons. The van der Waals surface area contributed by atoms with Crippen LogP contribution >= 0.6 is 0 Å². The third kappa shape index (κ3) is 6.99. The van der Waals surface area contributed by atoms with Crippen molar-refractivity contribution in [3.05, 3.63) is 23.8 Å². The number of carbonyl (C=O) groups excluding carboxylic acids is 1. The van der Waals surface area contributed by atoms with E-state index in [0.717, 1.165) is 0 Å². The van der Waals surface area contributed by atoms with Crippen molar-refractivity contribution in [1.82, 2.24) is 5.32 Å². The van der Waals surface area contributed by atoms with Gasteiger partial charge < -0.3 is 20.5 Å². The number of carbonyl (C=O) groups is 1. The number of nitrogens with one attached hydrogen (secondary N) is 2. The molecule has 6 heteroatoms. The molecular weight excluding hydrogens is 306 g/mol. The zero-order chi connectivity index (χ0) is 18.3. The number of aliphatic hydroxyl groups excluding tert-OH is 1. The van der Waals surface area contributed by atoms with E-state index in [-0.39, 0.29) is 24.0 Å². The first kappa shape index (κ1) is 19.9. The first-order chi connectivity index (χ1) is 11.1. The van der Waals surface area contributed by atoms with Gasteiger partial charge in [0.25, 0.3) is 0 Å². The summed E-state index contributed by atoms with van der Waals surface area (Å²) in [4.78, 5) is 11.7. The fourth-order valence-corrected chi connectivity index (χ4v) is 1.78. The van der Waals surface area contributed by atoms with Gasteiger partial charge in [0, 0.05) is 23.7 Å². The van der Waals surface area contributed by atoms with E-state index in [9.17, 15) is 15.2 Å². The van der Waals surface area contributed by atoms with Crippen LogP contribution in [-0.2, 0) is 4.79 Å². The number of β-amino-alcohol motifs (C(OH)–C–C–N with tert-alkyl or cyclic N) is 1. The molecule has 0 bridgehead atoms. The Morgan fingerprint density at radius 2 is 2.04 bits per heavy atom. The number of hydrogen-bond acceptors (Lipinski definition) is 5. The van der Waals surface area contributed by atoms with Crippen molar-refractivity contribution in [1.29, 1.82) is 5.26 Å². The molecule has 0 aromatic heterocycles. The first-order valence-corrected chi connectivity index (χ1v) is 8.03.